The molecule has 1 spiro atoms. The van der Waals surface area contributed by atoms with Gasteiger partial charge in [-0.15, -0.1) is 0 Å². The highest BCUT2D eigenvalue weighted by atomic mass is 19.1. The fraction of sp³-hybridized carbons (Fsp3) is 0.588. The Morgan fingerprint density at radius 1 is 1.00 bits per heavy atom. The molecular formula is C17H21FO2. The first-order valence-electron chi connectivity index (χ1n) is 7.56. The Labute approximate surface area is 119 Å². The molecule has 3 rings (SSSR count). The molecule has 2 nitrogen and oxygen atoms in total. The van der Waals surface area contributed by atoms with Crippen LogP contribution in [0, 0.1) is 11.2 Å². The number of hydrogen-bond acceptors (Lipinski definition) is 1. The molecule has 2 fully saturated rings. The molecule has 0 aliphatic heterocycles. The minimum absolute atomic E-state index is 0.225. The van der Waals surface area contributed by atoms with Crippen LogP contribution in [0.25, 0.3) is 0 Å². The second-order valence-electron chi connectivity index (χ2n) is 6.66. The summed E-state index contributed by atoms with van der Waals surface area (Å²) in [5.74, 6) is -1.06. The van der Waals surface area contributed by atoms with E-state index in [2.05, 4.69) is 0 Å². The summed E-state index contributed by atoms with van der Waals surface area (Å²) in [6.07, 6.45) is 8.75. The topological polar surface area (TPSA) is 37.3 Å². The molecule has 1 aromatic carbocycles. The summed E-state index contributed by atoms with van der Waals surface area (Å²) >= 11 is 0. The van der Waals surface area contributed by atoms with E-state index in [-0.39, 0.29) is 11.2 Å². The number of rotatable bonds is 2. The predicted molar refractivity (Wildman–Crippen MR) is 75.1 cm³/mol. The van der Waals surface area contributed by atoms with Gasteiger partial charge in [-0.2, -0.15) is 0 Å². The van der Waals surface area contributed by atoms with Crippen LogP contribution in [0.5, 0.6) is 0 Å². The minimum Gasteiger partial charge on any atom is -0.481 e. The summed E-state index contributed by atoms with van der Waals surface area (Å²) in [7, 11) is 0. The summed E-state index contributed by atoms with van der Waals surface area (Å²) in [6.45, 7) is 0. The predicted octanol–water partition coefficient (Wildman–Crippen LogP) is 4.28. The Bertz CT molecular complexity index is 490. The molecule has 0 amide bonds. The molecule has 2 aliphatic rings. The van der Waals surface area contributed by atoms with Crippen molar-refractivity contribution in [1.29, 1.82) is 0 Å². The van der Waals surface area contributed by atoms with Crippen molar-refractivity contribution in [2.24, 2.45) is 5.41 Å². The van der Waals surface area contributed by atoms with E-state index < -0.39 is 11.4 Å². The van der Waals surface area contributed by atoms with Crippen LogP contribution >= 0.6 is 0 Å². The van der Waals surface area contributed by atoms with Crippen molar-refractivity contribution >= 4 is 5.97 Å². The minimum atomic E-state index is -0.780. The van der Waals surface area contributed by atoms with E-state index >= 15 is 0 Å². The van der Waals surface area contributed by atoms with Gasteiger partial charge in [-0.1, -0.05) is 37.8 Å². The number of carboxylic acid groups (broad SMARTS) is 1. The number of benzene rings is 1. The highest BCUT2D eigenvalue weighted by Crippen LogP contribution is 2.61. The third kappa shape index (κ3) is 2.13. The molecule has 20 heavy (non-hydrogen) atoms. The standard InChI is InChI=1S/C17H21FO2/c18-14-7-5-13(6-8-14)17(15(19)20)11-16(12-17)9-3-1-2-4-10-16/h5-8H,1-4,9-12H2,(H,19,20). The number of halogens is 1. The first-order chi connectivity index (χ1) is 9.56. The van der Waals surface area contributed by atoms with Crippen LogP contribution < -0.4 is 0 Å². The fourth-order valence-corrected chi connectivity index (χ4v) is 4.31. The number of carboxylic acids is 1. The molecule has 2 aliphatic carbocycles. The van der Waals surface area contributed by atoms with E-state index in [4.69, 9.17) is 0 Å². The third-order valence-corrected chi connectivity index (χ3v) is 5.32. The summed E-state index contributed by atoms with van der Waals surface area (Å²) in [5, 5.41) is 9.70. The zero-order chi connectivity index (χ0) is 14.2. The van der Waals surface area contributed by atoms with Crippen molar-refractivity contribution in [2.45, 2.75) is 56.8 Å². The molecular weight excluding hydrogens is 255 g/mol. The van der Waals surface area contributed by atoms with Crippen LogP contribution in [0.1, 0.15) is 56.9 Å². The van der Waals surface area contributed by atoms with Gasteiger partial charge in [0.2, 0.25) is 0 Å². The molecule has 0 atom stereocenters. The molecule has 0 radical (unpaired) electrons. The van der Waals surface area contributed by atoms with Crippen LogP contribution in [0.15, 0.2) is 24.3 Å². The van der Waals surface area contributed by atoms with E-state index in [0.29, 0.717) is 0 Å². The van der Waals surface area contributed by atoms with Crippen molar-refractivity contribution in [3.8, 4) is 0 Å². The molecule has 0 heterocycles. The van der Waals surface area contributed by atoms with Gasteiger partial charge in [0.15, 0.2) is 0 Å². The maximum atomic E-state index is 13.1. The van der Waals surface area contributed by atoms with E-state index in [1.165, 1.54) is 37.8 Å². The van der Waals surface area contributed by atoms with Gasteiger partial charge in [0.1, 0.15) is 5.82 Å². The molecule has 0 bridgehead atoms. The Kier molecular flexibility index (Phi) is 3.31. The zero-order valence-corrected chi connectivity index (χ0v) is 11.7. The van der Waals surface area contributed by atoms with E-state index in [1.54, 1.807) is 12.1 Å². The molecule has 1 aromatic rings. The molecule has 108 valence electrons. The average Bonchev–Trinajstić information content (AvgIpc) is 2.63. The van der Waals surface area contributed by atoms with Gasteiger partial charge in [-0.3, -0.25) is 4.79 Å². The molecule has 1 N–H and O–H groups in total. The van der Waals surface area contributed by atoms with Crippen LogP contribution in [0.2, 0.25) is 0 Å². The molecule has 0 unspecified atom stereocenters. The van der Waals surface area contributed by atoms with Gasteiger partial charge < -0.3 is 5.11 Å². The average molecular weight is 276 g/mol. The fourth-order valence-electron chi connectivity index (χ4n) is 4.31. The molecule has 0 aromatic heterocycles. The monoisotopic (exact) mass is 276 g/mol. The summed E-state index contributed by atoms with van der Waals surface area (Å²) in [6, 6.07) is 6.04. The lowest BCUT2D eigenvalue weighted by Crippen LogP contribution is -2.54. The van der Waals surface area contributed by atoms with Gasteiger partial charge >= 0.3 is 5.97 Å². The largest absolute Gasteiger partial charge is 0.481 e. The van der Waals surface area contributed by atoms with Crippen LogP contribution in [0.3, 0.4) is 0 Å². The quantitative estimate of drug-likeness (QED) is 0.875. The zero-order valence-electron chi connectivity index (χ0n) is 11.7. The number of hydrogen-bond donors (Lipinski definition) is 1. The lowest BCUT2D eigenvalue weighted by molar-refractivity contribution is -0.155. The highest BCUT2D eigenvalue weighted by Gasteiger charge is 2.59. The van der Waals surface area contributed by atoms with Crippen molar-refractivity contribution in [1.82, 2.24) is 0 Å². The Morgan fingerprint density at radius 2 is 1.55 bits per heavy atom. The highest BCUT2D eigenvalue weighted by molar-refractivity contribution is 5.83. The first-order valence-corrected chi connectivity index (χ1v) is 7.56. The number of carbonyl (C=O) groups is 1. The first kappa shape index (κ1) is 13.6. The van der Waals surface area contributed by atoms with Crippen LogP contribution in [-0.2, 0) is 10.2 Å². The van der Waals surface area contributed by atoms with Gasteiger partial charge in [0, 0.05) is 0 Å². The summed E-state index contributed by atoms with van der Waals surface area (Å²) in [5.41, 5.74) is 0.211. The molecule has 0 saturated heterocycles. The molecule has 2 saturated carbocycles. The maximum absolute atomic E-state index is 13.1. The number of aliphatic carboxylic acids is 1. The Hall–Kier alpha value is -1.38. The summed E-state index contributed by atoms with van der Waals surface area (Å²) in [4.78, 5) is 11.8. The van der Waals surface area contributed by atoms with Gasteiger partial charge in [0.05, 0.1) is 5.41 Å². The second kappa shape index (κ2) is 4.87. The smallest absolute Gasteiger partial charge is 0.314 e. The van der Waals surface area contributed by atoms with Gasteiger partial charge in [-0.05, 0) is 48.8 Å². The van der Waals surface area contributed by atoms with Gasteiger partial charge in [-0.25, -0.2) is 4.39 Å². The maximum Gasteiger partial charge on any atom is 0.314 e. The van der Waals surface area contributed by atoms with Crippen molar-refractivity contribution in [3.63, 3.8) is 0 Å². The van der Waals surface area contributed by atoms with Crippen LogP contribution in [0.4, 0.5) is 4.39 Å². The van der Waals surface area contributed by atoms with E-state index in [1.807, 2.05) is 0 Å². The third-order valence-electron chi connectivity index (χ3n) is 5.32. The normalized spacial score (nSPS) is 23.9. The summed E-state index contributed by atoms with van der Waals surface area (Å²) < 4.78 is 13.1. The van der Waals surface area contributed by atoms with Crippen molar-refractivity contribution < 1.29 is 14.3 Å². The van der Waals surface area contributed by atoms with E-state index in [9.17, 15) is 14.3 Å². The van der Waals surface area contributed by atoms with Crippen molar-refractivity contribution in [3.05, 3.63) is 35.6 Å². The van der Waals surface area contributed by atoms with Crippen molar-refractivity contribution in [2.75, 3.05) is 0 Å². The Balaban J connectivity index is 1.85. The lowest BCUT2D eigenvalue weighted by Gasteiger charge is -2.54. The van der Waals surface area contributed by atoms with Gasteiger partial charge in [0.25, 0.3) is 0 Å². The SMILES string of the molecule is O=C(O)C1(c2ccc(F)cc2)CC2(CCCCCC2)C1. The lowest BCUT2D eigenvalue weighted by atomic mass is 9.48. The van der Waals surface area contributed by atoms with Crippen LogP contribution in [-0.4, -0.2) is 11.1 Å². The Morgan fingerprint density at radius 3 is 2.05 bits per heavy atom. The van der Waals surface area contributed by atoms with E-state index in [0.717, 1.165) is 31.2 Å². The second-order valence-corrected chi connectivity index (χ2v) is 6.66. The molecule has 3 heteroatoms.